The van der Waals surface area contributed by atoms with Gasteiger partial charge < -0.3 is 15.0 Å². The molecule has 2 fully saturated rings. The topological polar surface area (TPSA) is 24.5 Å². The maximum atomic E-state index is 5.27. The largest absolute Gasteiger partial charge is 0.383 e. The van der Waals surface area contributed by atoms with Crippen LogP contribution in [0.3, 0.4) is 0 Å². The van der Waals surface area contributed by atoms with E-state index in [9.17, 15) is 0 Å². The minimum absolute atomic E-state index is 0.517. The third-order valence-electron chi connectivity index (χ3n) is 5.13. The van der Waals surface area contributed by atoms with Gasteiger partial charge in [-0.2, -0.15) is 0 Å². The molecule has 0 bridgehead atoms. The van der Waals surface area contributed by atoms with Crippen molar-refractivity contribution >= 4 is 0 Å². The molecule has 0 spiro atoms. The van der Waals surface area contributed by atoms with Crippen molar-refractivity contribution in [2.24, 2.45) is 5.41 Å². The van der Waals surface area contributed by atoms with E-state index in [2.05, 4.69) is 17.1 Å². The zero-order valence-electron chi connectivity index (χ0n) is 13.6. The van der Waals surface area contributed by atoms with Crippen LogP contribution in [0.4, 0.5) is 0 Å². The molecule has 0 amide bonds. The van der Waals surface area contributed by atoms with E-state index in [1.165, 1.54) is 64.5 Å². The molecule has 3 nitrogen and oxygen atoms in total. The van der Waals surface area contributed by atoms with Crippen molar-refractivity contribution in [3.63, 3.8) is 0 Å². The first-order valence-electron chi connectivity index (χ1n) is 8.73. The second-order valence-corrected chi connectivity index (χ2v) is 6.93. The molecule has 0 heterocycles. The molecule has 1 N–H and O–H groups in total. The van der Waals surface area contributed by atoms with Crippen LogP contribution in [0.5, 0.6) is 0 Å². The normalized spacial score (nSPS) is 22.9. The molecule has 0 aliphatic heterocycles. The molecule has 2 saturated carbocycles. The summed E-state index contributed by atoms with van der Waals surface area (Å²) in [7, 11) is 1.81. The predicted molar refractivity (Wildman–Crippen MR) is 85.1 cm³/mol. The van der Waals surface area contributed by atoms with Crippen LogP contribution in [0, 0.1) is 5.41 Å². The fourth-order valence-electron chi connectivity index (χ4n) is 3.56. The average Bonchev–Trinajstić information content (AvgIpc) is 3.29. The summed E-state index contributed by atoms with van der Waals surface area (Å²) in [4.78, 5) is 2.60. The van der Waals surface area contributed by atoms with Crippen LogP contribution < -0.4 is 5.32 Å². The number of methoxy groups -OCH3 is 1. The van der Waals surface area contributed by atoms with Crippen molar-refractivity contribution in [3.8, 4) is 0 Å². The average molecular weight is 282 g/mol. The van der Waals surface area contributed by atoms with Crippen LogP contribution in [0.25, 0.3) is 0 Å². The molecule has 118 valence electrons. The summed E-state index contributed by atoms with van der Waals surface area (Å²) in [5.74, 6) is 0. The molecule has 0 unspecified atom stereocenters. The lowest BCUT2D eigenvalue weighted by Gasteiger charge is -2.38. The Morgan fingerprint density at radius 3 is 2.40 bits per heavy atom. The van der Waals surface area contributed by atoms with Gasteiger partial charge in [-0.25, -0.2) is 0 Å². The van der Waals surface area contributed by atoms with Gasteiger partial charge in [0, 0.05) is 32.8 Å². The van der Waals surface area contributed by atoms with Crippen molar-refractivity contribution < 1.29 is 4.74 Å². The molecule has 0 saturated heterocycles. The third-order valence-corrected chi connectivity index (χ3v) is 5.13. The molecule has 2 aliphatic rings. The Kier molecular flexibility index (Phi) is 6.79. The summed E-state index contributed by atoms with van der Waals surface area (Å²) >= 11 is 0. The number of ether oxygens (including phenoxy) is 1. The van der Waals surface area contributed by atoms with E-state index < -0.39 is 0 Å². The number of hydrogen-bond acceptors (Lipinski definition) is 3. The molecular weight excluding hydrogens is 248 g/mol. The highest BCUT2D eigenvalue weighted by molar-refractivity contribution is 4.90. The molecule has 0 aromatic heterocycles. The Balaban J connectivity index is 1.91. The summed E-state index contributed by atoms with van der Waals surface area (Å²) in [6.45, 7) is 7.87. The van der Waals surface area contributed by atoms with Gasteiger partial charge in [-0.1, -0.05) is 32.6 Å². The Morgan fingerprint density at radius 1 is 1.15 bits per heavy atom. The van der Waals surface area contributed by atoms with Gasteiger partial charge in [0.1, 0.15) is 0 Å². The van der Waals surface area contributed by atoms with Gasteiger partial charge in [-0.15, -0.1) is 0 Å². The molecule has 0 atom stereocenters. The minimum atomic E-state index is 0.517. The Hall–Kier alpha value is -0.120. The van der Waals surface area contributed by atoms with Gasteiger partial charge in [-0.05, 0) is 37.6 Å². The summed E-state index contributed by atoms with van der Waals surface area (Å²) in [5.41, 5.74) is 0.517. The lowest BCUT2D eigenvalue weighted by Crippen LogP contribution is -2.45. The molecule has 2 aliphatic carbocycles. The van der Waals surface area contributed by atoms with Crippen LogP contribution in [-0.4, -0.2) is 50.8 Å². The quantitative estimate of drug-likeness (QED) is 0.658. The second-order valence-electron chi connectivity index (χ2n) is 6.93. The SMILES string of the molecule is CCN(CCOC)CC1(CNC2CC2)CCCCCC1. The van der Waals surface area contributed by atoms with Crippen molar-refractivity contribution in [3.05, 3.63) is 0 Å². The lowest BCUT2D eigenvalue weighted by atomic mass is 9.79. The predicted octanol–water partition coefficient (Wildman–Crippen LogP) is 3.05. The number of hydrogen-bond donors (Lipinski definition) is 1. The highest BCUT2D eigenvalue weighted by Crippen LogP contribution is 2.36. The third kappa shape index (κ3) is 5.34. The van der Waals surface area contributed by atoms with Gasteiger partial charge in [0.05, 0.1) is 6.61 Å². The summed E-state index contributed by atoms with van der Waals surface area (Å²) in [6, 6.07) is 0.837. The highest BCUT2D eigenvalue weighted by Gasteiger charge is 2.34. The number of nitrogens with one attached hydrogen (secondary N) is 1. The number of rotatable bonds is 9. The zero-order chi connectivity index (χ0) is 14.3. The van der Waals surface area contributed by atoms with Crippen LogP contribution >= 0.6 is 0 Å². The number of likely N-dealkylation sites (N-methyl/N-ethyl adjacent to an activating group) is 1. The van der Waals surface area contributed by atoms with Gasteiger partial charge >= 0.3 is 0 Å². The van der Waals surface area contributed by atoms with E-state index in [0.29, 0.717) is 5.41 Å². The van der Waals surface area contributed by atoms with Crippen LogP contribution in [-0.2, 0) is 4.74 Å². The standard InChI is InChI=1S/C17H34N2O/c1-3-19(12-13-20-2)15-17(14-18-16-8-9-16)10-6-4-5-7-11-17/h16,18H,3-15H2,1-2H3. The maximum Gasteiger partial charge on any atom is 0.0589 e. The van der Waals surface area contributed by atoms with Crippen molar-refractivity contribution in [1.82, 2.24) is 10.2 Å². The van der Waals surface area contributed by atoms with E-state index in [0.717, 1.165) is 25.7 Å². The molecule has 0 aromatic rings. The van der Waals surface area contributed by atoms with E-state index in [1.807, 2.05) is 7.11 Å². The van der Waals surface area contributed by atoms with Gasteiger partial charge in [0.25, 0.3) is 0 Å². The second kappa shape index (κ2) is 8.35. The molecule has 3 heteroatoms. The minimum Gasteiger partial charge on any atom is -0.383 e. The maximum absolute atomic E-state index is 5.27. The summed E-state index contributed by atoms with van der Waals surface area (Å²) in [6.07, 6.45) is 11.4. The van der Waals surface area contributed by atoms with E-state index >= 15 is 0 Å². The lowest BCUT2D eigenvalue weighted by molar-refractivity contribution is 0.0969. The molecule has 0 radical (unpaired) electrons. The zero-order valence-corrected chi connectivity index (χ0v) is 13.6. The summed E-state index contributed by atoms with van der Waals surface area (Å²) in [5, 5.41) is 3.82. The Bertz CT molecular complexity index is 258. The van der Waals surface area contributed by atoms with E-state index in [1.54, 1.807) is 0 Å². The first-order valence-corrected chi connectivity index (χ1v) is 8.73. The highest BCUT2D eigenvalue weighted by atomic mass is 16.5. The fourth-order valence-corrected chi connectivity index (χ4v) is 3.56. The van der Waals surface area contributed by atoms with Crippen LogP contribution in [0.2, 0.25) is 0 Å². The van der Waals surface area contributed by atoms with Crippen molar-refractivity contribution in [2.75, 3.05) is 39.9 Å². The van der Waals surface area contributed by atoms with Gasteiger partial charge in [0.2, 0.25) is 0 Å². The Morgan fingerprint density at radius 2 is 1.85 bits per heavy atom. The molecular formula is C17H34N2O. The van der Waals surface area contributed by atoms with Crippen LogP contribution in [0.1, 0.15) is 58.3 Å². The molecule has 20 heavy (non-hydrogen) atoms. The molecule has 0 aromatic carbocycles. The van der Waals surface area contributed by atoms with E-state index in [-0.39, 0.29) is 0 Å². The Labute approximate surface area is 125 Å². The monoisotopic (exact) mass is 282 g/mol. The van der Waals surface area contributed by atoms with Gasteiger partial charge in [0.15, 0.2) is 0 Å². The first kappa shape index (κ1) is 16.3. The first-order chi connectivity index (χ1) is 9.78. The van der Waals surface area contributed by atoms with Crippen molar-refractivity contribution in [1.29, 1.82) is 0 Å². The van der Waals surface area contributed by atoms with E-state index in [4.69, 9.17) is 4.74 Å². The fraction of sp³-hybridized carbons (Fsp3) is 1.00. The van der Waals surface area contributed by atoms with Crippen molar-refractivity contribution in [2.45, 2.75) is 64.3 Å². The van der Waals surface area contributed by atoms with Gasteiger partial charge in [-0.3, -0.25) is 0 Å². The van der Waals surface area contributed by atoms with Crippen LogP contribution in [0.15, 0.2) is 0 Å². The molecule has 2 rings (SSSR count). The summed E-state index contributed by atoms with van der Waals surface area (Å²) < 4.78 is 5.27. The number of nitrogens with zero attached hydrogens (tertiary/aromatic N) is 1. The smallest absolute Gasteiger partial charge is 0.0589 e.